The van der Waals surface area contributed by atoms with E-state index in [1.54, 1.807) is 14.7 Å². The van der Waals surface area contributed by atoms with Crippen LogP contribution in [-0.4, -0.2) is 144 Å². The molecule has 5 amide bonds. The summed E-state index contributed by atoms with van der Waals surface area (Å²) in [5.74, 6) is -1.02. The van der Waals surface area contributed by atoms with Crippen molar-refractivity contribution in [2.45, 2.75) is 89.0 Å². The van der Waals surface area contributed by atoms with Crippen molar-refractivity contribution in [1.29, 1.82) is 0 Å². The van der Waals surface area contributed by atoms with Crippen molar-refractivity contribution in [2.75, 3.05) is 77.4 Å². The predicted molar refractivity (Wildman–Crippen MR) is 222 cm³/mol. The average Bonchev–Trinajstić information content (AvgIpc) is 3.59. The van der Waals surface area contributed by atoms with Crippen molar-refractivity contribution >= 4 is 47.2 Å². The molecular formula is C44H56ClF3N6O8. The highest BCUT2D eigenvalue weighted by atomic mass is 35.5. The number of para-hydroxylation sites is 1. The Morgan fingerprint density at radius 3 is 2.21 bits per heavy atom. The Bertz CT molecular complexity index is 1950. The molecule has 4 fully saturated rings. The van der Waals surface area contributed by atoms with Gasteiger partial charge in [0.15, 0.2) is 6.10 Å². The smallest absolute Gasteiger partial charge is 0.420 e. The molecule has 0 bridgehead atoms. The number of piperidine rings is 3. The number of nitrogens with zero attached hydrogens (tertiary/aromatic N) is 5. The van der Waals surface area contributed by atoms with Crippen LogP contribution in [0.1, 0.15) is 74.5 Å². The normalized spacial score (nSPS) is 20.5. The molecule has 0 radical (unpaired) electrons. The molecule has 18 heteroatoms. The number of halogens is 4. The molecule has 1 atom stereocenters. The van der Waals surface area contributed by atoms with Crippen molar-refractivity contribution in [2.24, 2.45) is 11.8 Å². The van der Waals surface area contributed by atoms with E-state index >= 15 is 0 Å². The Morgan fingerprint density at radius 2 is 1.53 bits per heavy atom. The molecule has 0 unspecified atom stereocenters. The molecule has 0 spiro atoms. The minimum Gasteiger partial charge on any atom is -0.506 e. The van der Waals surface area contributed by atoms with Gasteiger partial charge >= 0.3 is 24.3 Å². The highest BCUT2D eigenvalue weighted by Crippen LogP contribution is 2.41. The number of likely N-dealkylation sites (tertiary alicyclic amines) is 4. The summed E-state index contributed by atoms with van der Waals surface area (Å²) in [7, 11) is 0. The van der Waals surface area contributed by atoms with Crippen LogP contribution in [-0.2, 0) is 42.9 Å². The minimum absolute atomic E-state index is 0.0216. The maximum atomic E-state index is 14.2. The lowest BCUT2D eigenvalue weighted by Crippen LogP contribution is -2.52. The molecule has 5 aliphatic heterocycles. The average molecular weight is 889 g/mol. The lowest BCUT2D eigenvalue weighted by Gasteiger charge is -2.41. The zero-order valence-electron chi connectivity index (χ0n) is 34.9. The number of anilines is 1. The molecule has 5 heterocycles. The summed E-state index contributed by atoms with van der Waals surface area (Å²) in [5.41, 5.74) is 0.447. The number of benzene rings is 2. The van der Waals surface area contributed by atoms with E-state index in [0.29, 0.717) is 76.8 Å². The Morgan fingerprint density at radius 1 is 0.855 bits per heavy atom. The van der Waals surface area contributed by atoms with Crippen LogP contribution in [0.25, 0.3) is 0 Å². The first-order valence-corrected chi connectivity index (χ1v) is 22.3. The van der Waals surface area contributed by atoms with Crippen LogP contribution in [0, 0.1) is 11.8 Å². The van der Waals surface area contributed by atoms with E-state index in [4.69, 9.17) is 21.1 Å². The van der Waals surface area contributed by atoms with Gasteiger partial charge in [0.05, 0.1) is 23.6 Å². The molecular weight excluding hydrogens is 833 g/mol. The Hall–Kier alpha value is -4.77. The Kier molecular flexibility index (Phi) is 14.7. The van der Waals surface area contributed by atoms with E-state index in [2.05, 4.69) is 10.2 Å². The van der Waals surface area contributed by atoms with Gasteiger partial charge in [-0.3, -0.25) is 14.4 Å². The second-order valence-electron chi connectivity index (χ2n) is 17.1. The van der Waals surface area contributed by atoms with E-state index in [-0.39, 0.29) is 62.1 Å². The molecule has 338 valence electrons. The fraction of sp³-hybridized carbons (Fsp3) is 0.614. The van der Waals surface area contributed by atoms with E-state index in [1.807, 2.05) is 24.3 Å². The quantitative estimate of drug-likeness (QED) is 0.239. The SMILES string of the molecule is O=C(CCN1CCC(C2CCN(C(=O)[C@@H](Cc3cc(Cl)c(O)c(C(F)(F)F)c3)OC(=O)N3CCC(N4CCc5ccccc5NC4=O)CC3)CC2)CC1)OCCN1CCCC1=O. The summed E-state index contributed by atoms with van der Waals surface area (Å²) in [6, 6.07) is 9.18. The maximum absolute atomic E-state index is 14.2. The topological polar surface area (TPSA) is 152 Å². The zero-order chi connectivity index (χ0) is 44.0. The number of phenolic OH excluding ortho intramolecular Hbond substituents is 1. The number of amides is 5. The standard InChI is InChI=1S/C44H56ClF3N6O8/c45-35-27-29(26-34(40(35)57)44(46,47)48)28-37(62-43(60)53-21-12-33(13-22-53)54-23-11-32-4-1-2-5-36(32)49-42(54)59)41(58)52-19-9-31(10-20-52)30-7-16-50(17-8-30)18-14-39(56)61-25-24-51-15-3-6-38(51)55/h1-2,4-5,26-27,30-31,33,37,57H,3,6-25,28H2,(H,49,59)/t37-/m1/s1. The Labute approximate surface area is 364 Å². The summed E-state index contributed by atoms with van der Waals surface area (Å²) >= 11 is 6.03. The van der Waals surface area contributed by atoms with Gasteiger partial charge in [-0.25, -0.2) is 9.59 Å². The lowest BCUT2D eigenvalue weighted by atomic mass is 9.78. The van der Waals surface area contributed by atoms with Crippen molar-refractivity contribution in [3.8, 4) is 5.75 Å². The number of rotatable bonds is 12. The first-order chi connectivity index (χ1) is 29.7. The number of urea groups is 1. The first kappa shape index (κ1) is 45.3. The van der Waals surface area contributed by atoms with Gasteiger partial charge in [-0.2, -0.15) is 13.2 Å². The number of phenols is 1. The van der Waals surface area contributed by atoms with Crippen LogP contribution in [0.4, 0.5) is 28.4 Å². The van der Waals surface area contributed by atoms with Gasteiger partial charge in [0.1, 0.15) is 12.4 Å². The number of hydrogen-bond donors (Lipinski definition) is 2. The van der Waals surface area contributed by atoms with Crippen LogP contribution >= 0.6 is 11.6 Å². The highest BCUT2D eigenvalue weighted by Gasteiger charge is 2.39. The van der Waals surface area contributed by atoms with E-state index < -0.39 is 40.6 Å². The van der Waals surface area contributed by atoms with Crippen LogP contribution < -0.4 is 5.32 Å². The number of esters is 1. The molecule has 2 aromatic rings. The number of aromatic hydroxyl groups is 1. The molecule has 2 N–H and O–H groups in total. The van der Waals surface area contributed by atoms with E-state index in [0.717, 1.165) is 68.6 Å². The molecule has 14 nitrogen and oxygen atoms in total. The van der Waals surface area contributed by atoms with Gasteiger partial charge in [0, 0.05) is 70.4 Å². The molecule has 0 aliphatic carbocycles. The number of alkyl halides is 3. The van der Waals surface area contributed by atoms with Crippen LogP contribution in [0.3, 0.4) is 0 Å². The number of carbonyl (C=O) groups is 5. The monoisotopic (exact) mass is 888 g/mol. The van der Waals surface area contributed by atoms with Crippen LogP contribution in [0.15, 0.2) is 36.4 Å². The zero-order valence-corrected chi connectivity index (χ0v) is 35.6. The van der Waals surface area contributed by atoms with Gasteiger partial charge in [-0.05, 0) is 106 Å². The third-order valence-electron chi connectivity index (χ3n) is 13.3. The number of ether oxygens (including phenoxy) is 2. The van der Waals surface area contributed by atoms with Crippen molar-refractivity contribution in [3.63, 3.8) is 0 Å². The van der Waals surface area contributed by atoms with Gasteiger partial charge in [-0.15, -0.1) is 0 Å². The van der Waals surface area contributed by atoms with Crippen molar-refractivity contribution in [1.82, 2.24) is 24.5 Å². The van der Waals surface area contributed by atoms with Crippen LogP contribution in [0.5, 0.6) is 5.75 Å². The summed E-state index contributed by atoms with van der Waals surface area (Å²) < 4.78 is 52.8. The van der Waals surface area contributed by atoms with E-state index in [9.17, 15) is 42.3 Å². The molecule has 7 rings (SSSR count). The lowest BCUT2D eigenvalue weighted by molar-refractivity contribution is -0.146. The molecule has 5 aliphatic rings. The summed E-state index contributed by atoms with van der Waals surface area (Å²) in [5, 5.41) is 12.5. The first-order valence-electron chi connectivity index (χ1n) is 21.9. The predicted octanol–water partition coefficient (Wildman–Crippen LogP) is 6.17. The minimum atomic E-state index is -4.92. The number of nitrogens with one attached hydrogen (secondary N) is 1. The second-order valence-corrected chi connectivity index (χ2v) is 17.5. The maximum Gasteiger partial charge on any atom is 0.420 e. The number of carbonyl (C=O) groups excluding carboxylic acids is 5. The second kappa shape index (κ2) is 20.2. The fourth-order valence-electron chi connectivity index (χ4n) is 9.65. The molecule has 0 aromatic heterocycles. The molecule has 0 saturated carbocycles. The third-order valence-corrected chi connectivity index (χ3v) is 13.5. The van der Waals surface area contributed by atoms with Crippen molar-refractivity contribution in [3.05, 3.63) is 58.1 Å². The van der Waals surface area contributed by atoms with Gasteiger partial charge in [0.2, 0.25) is 5.91 Å². The summed E-state index contributed by atoms with van der Waals surface area (Å²) in [6.07, 6.45) is -0.903. The number of hydrogen-bond acceptors (Lipinski definition) is 9. The summed E-state index contributed by atoms with van der Waals surface area (Å²) in [4.78, 5) is 74.0. The van der Waals surface area contributed by atoms with Crippen molar-refractivity contribution < 1.29 is 51.7 Å². The van der Waals surface area contributed by atoms with E-state index in [1.165, 1.54) is 4.90 Å². The largest absolute Gasteiger partial charge is 0.506 e. The molecule has 4 saturated heterocycles. The molecule has 2 aromatic carbocycles. The molecule has 62 heavy (non-hydrogen) atoms. The van der Waals surface area contributed by atoms with Gasteiger partial charge < -0.3 is 44.4 Å². The number of fused-ring (bicyclic) bond motifs is 1. The van der Waals surface area contributed by atoms with Gasteiger partial charge in [-0.1, -0.05) is 29.8 Å². The Balaban J connectivity index is 0.914. The third kappa shape index (κ3) is 11.2. The highest BCUT2D eigenvalue weighted by molar-refractivity contribution is 6.32. The fourth-order valence-corrected chi connectivity index (χ4v) is 9.89. The van der Waals surface area contributed by atoms with Crippen LogP contribution in [0.2, 0.25) is 5.02 Å². The summed E-state index contributed by atoms with van der Waals surface area (Å²) in [6.45, 7) is 5.42. The van der Waals surface area contributed by atoms with Gasteiger partial charge in [0.25, 0.3) is 5.91 Å².